The first-order chi connectivity index (χ1) is 10.3. The maximum absolute atomic E-state index is 11.3. The molecule has 0 radical (unpaired) electrons. The second-order valence-electron chi connectivity index (χ2n) is 3.94. The number of imidazole rings is 1. The molecule has 0 fully saturated rings. The fourth-order valence-corrected chi connectivity index (χ4v) is 1.51. The van der Waals surface area contributed by atoms with E-state index in [9.17, 15) is 19.7 Å². The van der Waals surface area contributed by atoms with E-state index < -0.39 is 29.3 Å². The summed E-state index contributed by atoms with van der Waals surface area (Å²) in [7, 11) is 0. The van der Waals surface area contributed by atoms with Gasteiger partial charge in [-0.3, -0.25) is 4.79 Å². The quantitative estimate of drug-likeness (QED) is 0.522. The van der Waals surface area contributed by atoms with Crippen LogP contribution in [-0.4, -0.2) is 44.0 Å². The first-order valence-electron chi connectivity index (χ1n) is 5.79. The molecule has 0 saturated carbocycles. The Bertz CT molecular complexity index is 548. The van der Waals surface area contributed by atoms with Gasteiger partial charge in [-0.15, -0.1) is 0 Å². The number of aliphatic carboxylic acids is 1. The summed E-state index contributed by atoms with van der Waals surface area (Å²) in [6.45, 7) is 1.56. The molecule has 2 N–H and O–H groups in total. The van der Waals surface area contributed by atoms with Crippen LogP contribution in [0.3, 0.4) is 0 Å². The first kappa shape index (κ1) is 20.0. The van der Waals surface area contributed by atoms with Crippen molar-refractivity contribution >= 4 is 17.7 Å². The molecule has 0 aliphatic carbocycles. The van der Waals surface area contributed by atoms with Gasteiger partial charge in [-0.05, 0) is 4.92 Å². The predicted octanol–water partition coefficient (Wildman–Crippen LogP) is 0.774. The number of nitro groups is 1. The monoisotopic (exact) mass is 398 g/mol. The van der Waals surface area contributed by atoms with Crippen LogP contribution in [0.4, 0.5) is 5.82 Å². The minimum absolute atomic E-state index is 0.0632. The SMILES string of the molecule is Cc1ncc([N+](=O)[O-])n1CC[N-]C(=O)C([NH-])CC(=O)O.[O]=[99Tc+2]. The van der Waals surface area contributed by atoms with Gasteiger partial charge in [-0.25, -0.2) is 9.55 Å². The van der Waals surface area contributed by atoms with Gasteiger partial charge in [0.25, 0.3) is 0 Å². The average molecular weight is 398 g/mol. The summed E-state index contributed by atoms with van der Waals surface area (Å²) in [4.78, 5) is 35.6. The summed E-state index contributed by atoms with van der Waals surface area (Å²) in [5.74, 6) is -1.91. The Morgan fingerprint density at radius 2 is 2.18 bits per heavy atom. The van der Waals surface area contributed by atoms with E-state index in [0.29, 0.717) is 5.82 Å². The van der Waals surface area contributed by atoms with E-state index in [-0.39, 0.29) is 18.9 Å². The molecule has 22 heavy (non-hydrogen) atoms. The van der Waals surface area contributed by atoms with Crippen molar-refractivity contribution in [2.75, 3.05) is 6.54 Å². The van der Waals surface area contributed by atoms with Gasteiger partial charge in [0.2, 0.25) is 0 Å². The Morgan fingerprint density at radius 3 is 2.68 bits per heavy atom. The van der Waals surface area contributed by atoms with Gasteiger partial charge in [0.1, 0.15) is 6.20 Å². The number of carbonyl (C=O) groups is 2. The maximum atomic E-state index is 11.3. The number of carboxylic acids is 1. The van der Waals surface area contributed by atoms with E-state index in [4.69, 9.17) is 14.3 Å². The van der Waals surface area contributed by atoms with Crippen LogP contribution in [0.25, 0.3) is 11.1 Å². The molecule has 0 aliphatic heterocycles. The van der Waals surface area contributed by atoms with Crippen LogP contribution in [0.15, 0.2) is 6.20 Å². The number of hydrogen-bond donors (Lipinski definition) is 1. The Morgan fingerprint density at radius 1 is 1.59 bits per heavy atom. The third-order valence-corrected chi connectivity index (χ3v) is 2.49. The summed E-state index contributed by atoms with van der Waals surface area (Å²) < 4.78 is 9.50. The van der Waals surface area contributed by atoms with Gasteiger partial charge < -0.3 is 31.1 Å². The van der Waals surface area contributed by atoms with E-state index in [1.165, 1.54) is 4.57 Å². The second-order valence-corrected chi connectivity index (χ2v) is 3.94. The standard InChI is InChI=1S/C10H14N5O5.O.Tc/c1-6-13-5-8(15(19)20)14(6)3-2-12-10(18)7(11)4-9(16)17;;/h5,7,11H,2-4H2,1H3,(H2,12,16,17,18);;/q-1;;+2/p-1/i;;1+1. The van der Waals surface area contributed by atoms with Gasteiger partial charge in [-0.1, -0.05) is 12.6 Å². The summed E-state index contributed by atoms with van der Waals surface area (Å²) >= 11 is 0.900. The van der Waals surface area contributed by atoms with Crippen molar-refractivity contribution in [1.29, 1.82) is 0 Å². The first-order valence-corrected chi connectivity index (χ1v) is 6.55. The zero-order valence-corrected chi connectivity index (χ0v) is 13.3. The van der Waals surface area contributed by atoms with Gasteiger partial charge in [0.05, 0.1) is 6.54 Å². The molecular weight excluding hydrogens is 385 g/mol. The molecule has 12 heteroatoms. The number of nitrogens with one attached hydrogen (secondary N) is 1. The fraction of sp³-hybridized carbons (Fsp3) is 0.500. The number of hydrogen-bond acceptors (Lipinski definition) is 6. The van der Waals surface area contributed by atoms with Crippen molar-refractivity contribution < 1.29 is 42.0 Å². The van der Waals surface area contributed by atoms with Crippen LogP contribution in [-0.2, 0) is 38.5 Å². The van der Waals surface area contributed by atoms with Crippen LogP contribution < -0.4 is 0 Å². The van der Waals surface area contributed by atoms with Crippen LogP contribution in [0.2, 0.25) is 0 Å². The minimum atomic E-state index is -1.45. The van der Waals surface area contributed by atoms with E-state index >= 15 is 0 Å². The molecule has 1 amide bonds. The van der Waals surface area contributed by atoms with E-state index in [0.717, 1.165) is 25.1 Å². The van der Waals surface area contributed by atoms with Crippen molar-refractivity contribution in [3.63, 3.8) is 0 Å². The van der Waals surface area contributed by atoms with Gasteiger partial charge in [0, 0.05) is 19.3 Å². The molecule has 1 atom stereocenters. The van der Waals surface area contributed by atoms with Gasteiger partial charge in [0.15, 0.2) is 5.82 Å². The number of rotatable bonds is 7. The normalized spacial score (nSPS) is 11.0. The molecule has 0 saturated heterocycles. The molecule has 0 aliphatic rings. The van der Waals surface area contributed by atoms with Crippen molar-refractivity contribution in [3.8, 4) is 0 Å². The molecule has 11 nitrogen and oxygen atoms in total. The second kappa shape index (κ2) is 9.82. The molecule has 1 rings (SSSR count). The van der Waals surface area contributed by atoms with Crippen LogP contribution in [0, 0.1) is 17.0 Å². The van der Waals surface area contributed by atoms with Gasteiger partial charge >= 0.3 is 34.1 Å². The Hall–Kier alpha value is -2.04. The molecular formula is C10H13N5O6Tc. The molecule has 0 aromatic carbocycles. The number of nitrogens with zero attached hydrogens (tertiary/aromatic N) is 4. The molecule has 1 heterocycles. The number of carbonyl (C=O) groups excluding carboxylic acids is 1. The van der Waals surface area contributed by atoms with E-state index in [2.05, 4.69) is 10.3 Å². The van der Waals surface area contributed by atoms with Crippen molar-refractivity contribution in [3.05, 3.63) is 33.2 Å². The summed E-state index contributed by atoms with van der Waals surface area (Å²) in [5.41, 5.74) is 7.26. The Labute approximate surface area is 135 Å². The Kier molecular flexibility index (Phi) is 8.91. The van der Waals surface area contributed by atoms with Crippen molar-refractivity contribution in [2.24, 2.45) is 0 Å². The van der Waals surface area contributed by atoms with E-state index in [1.54, 1.807) is 6.92 Å². The zero-order valence-electron chi connectivity index (χ0n) is 11.4. The van der Waals surface area contributed by atoms with Crippen LogP contribution in [0.5, 0.6) is 0 Å². The van der Waals surface area contributed by atoms with Crippen molar-refractivity contribution in [1.82, 2.24) is 9.55 Å². The van der Waals surface area contributed by atoms with Gasteiger partial charge in [-0.2, -0.15) is 0 Å². The summed E-state index contributed by atoms with van der Waals surface area (Å²) in [6.07, 6.45) is 0.488. The number of carboxylic acid groups (broad SMARTS) is 1. The molecule has 1 aromatic heterocycles. The molecule has 1 unspecified atom stereocenters. The molecule has 0 spiro atoms. The van der Waals surface area contributed by atoms with Crippen LogP contribution >= 0.6 is 0 Å². The molecule has 0 bridgehead atoms. The Balaban J connectivity index is 0.00000211. The third-order valence-electron chi connectivity index (χ3n) is 2.49. The third kappa shape index (κ3) is 6.16. The number of aromatic nitrogens is 2. The average Bonchev–Trinajstić information content (AvgIpc) is 2.82. The van der Waals surface area contributed by atoms with Crippen LogP contribution in [0.1, 0.15) is 12.2 Å². The zero-order chi connectivity index (χ0) is 17.3. The fourth-order valence-electron chi connectivity index (χ4n) is 1.51. The topological polar surface area (TPSA) is 170 Å². The predicted molar refractivity (Wildman–Crippen MR) is 67.9 cm³/mol. The van der Waals surface area contributed by atoms with Crippen molar-refractivity contribution in [2.45, 2.75) is 25.9 Å². The van der Waals surface area contributed by atoms with E-state index in [1.807, 2.05) is 0 Å². The summed E-state index contributed by atoms with van der Waals surface area (Å²) in [5, 5.41) is 22.7. The number of aryl methyl sites for hydroxylation is 1. The molecule has 1 aromatic rings. The number of amides is 1. The molecule has 121 valence electrons. The summed E-state index contributed by atoms with van der Waals surface area (Å²) in [6, 6.07) is -1.45.